The van der Waals surface area contributed by atoms with E-state index in [1.807, 2.05) is 32.0 Å². The summed E-state index contributed by atoms with van der Waals surface area (Å²) in [6, 6.07) is 7.23. The van der Waals surface area contributed by atoms with Crippen molar-refractivity contribution >= 4 is 10.9 Å². The zero-order valence-corrected chi connectivity index (χ0v) is 12.3. The van der Waals surface area contributed by atoms with Crippen LogP contribution in [0.1, 0.15) is 33.5 Å². The van der Waals surface area contributed by atoms with Gasteiger partial charge in [-0.05, 0) is 39.8 Å². The van der Waals surface area contributed by atoms with E-state index < -0.39 is 11.1 Å². The van der Waals surface area contributed by atoms with Crippen molar-refractivity contribution in [2.75, 3.05) is 0 Å². The third kappa shape index (κ3) is 2.89. The van der Waals surface area contributed by atoms with E-state index in [0.29, 0.717) is 23.3 Å². The summed E-state index contributed by atoms with van der Waals surface area (Å²) < 4.78 is 0. The van der Waals surface area contributed by atoms with Crippen LogP contribution in [-0.2, 0) is 6.54 Å². The molecule has 0 unspecified atom stereocenters. The molecule has 0 aliphatic rings. The van der Waals surface area contributed by atoms with Crippen molar-refractivity contribution < 1.29 is 5.11 Å². The van der Waals surface area contributed by atoms with E-state index in [1.54, 1.807) is 19.9 Å². The van der Waals surface area contributed by atoms with Gasteiger partial charge in [0.15, 0.2) is 0 Å². The van der Waals surface area contributed by atoms with Gasteiger partial charge in [-0.25, -0.2) is 4.98 Å². The average Bonchev–Trinajstić information content (AvgIpc) is 2.35. The molecule has 20 heavy (non-hydrogen) atoms. The van der Waals surface area contributed by atoms with Crippen molar-refractivity contribution in [3.8, 4) is 0 Å². The molecular weight excluding hydrogens is 254 g/mol. The molecule has 5 heteroatoms. The van der Waals surface area contributed by atoms with Crippen LogP contribution < -0.4 is 10.9 Å². The number of rotatable bonds is 4. The summed E-state index contributed by atoms with van der Waals surface area (Å²) in [6.07, 6.45) is 0. The fraction of sp³-hybridized carbons (Fsp3) is 0.467. The molecule has 1 aromatic heterocycles. The van der Waals surface area contributed by atoms with Gasteiger partial charge in [0, 0.05) is 5.54 Å². The van der Waals surface area contributed by atoms with Gasteiger partial charge in [0.05, 0.1) is 23.0 Å². The smallest absolute Gasteiger partial charge is 0.258 e. The van der Waals surface area contributed by atoms with E-state index >= 15 is 0 Å². The zero-order valence-electron chi connectivity index (χ0n) is 12.3. The van der Waals surface area contributed by atoms with Crippen molar-refractivity contribution in [3.05, 3.63) is 40.4 Å². The summed E-state index contributed by atoms with van der Waals surface area (Å²) in [6.45, 7) is 7.70. The summed E-state index contributed by atoms with van der Waals surface area (Å²) in [5, 5.41) is 13.9. The molecule has 0 bridgehead atoms. The first-order chi connectivity index (χ1) is 9.21. The second-order valence-electron chi connectivity index (χ2n) is 6.07. The Morgan fingerprint density at radius 3 is 2.55 bits per heavy atom. The highest BCUT2D eigenvalue weighted by Crippen LogP contribution is 2.20. The number of para-hydroxylation sites is 1. The molecule has 108 valence electrons. The van der Waals surface area contributed by atoms with Gasteiger partial charge >= 0.3 is 0 Å². The van der Waals surface area contributed by atoms with Gasteiger partial charge in [-0.3, -0.25) is 4.79 Å². The molecule has 2 rings (SSSR count). The number of H-pyrrole nitrogens is 1. The second kappa shape index (κ2) is 5.00. The molecule has 0 saturated heterocycles. The maximum Gasteiger partial charge on any atom is 0.258 e. The molecule has 1 aromatic carbocycles. The molecule has 3 N–H and O–H groups in total. The molecule has 0 radical (unpaired) electrons. The van der Waals surface area contributed by atoms with Crippen LogP contribution in [0.5, 0.6) is 0 Å². The predicted octanol–water partition coefficient (Wildman–Crippen LogP) is 1.56. The average molecular weight is 275 g/mol. The molecule has 1 heterocycles. The summed E-state index contributed by atoms with van der Waals surface area (Å²) >= 11 is 0. The fourth-order valence-electron chi connectivity index (χ4n) is 1.74. The lowest BCUT2D eigenvalue weighted by atomic mass is 9.86. The molecule has 0 aliphatic heterocycles. The van der Waals surface area contributed by atoms with Crippen molar-refractivity contribution in [1.82, 2.24) is 15.3 Å². The highest BCUT2D eigenvalue weighted by Gasteiger charge is 2.34. The number of fused-ring (bicyclic) bond motifs is 1. The van der Waals surface area contributed by atoms with Crippen LogP contribution in [0, 0.1) is 0 Å². The molecule has 0 amide bonds. The normalized spacial score (nSPS) is 12.8. The maximum absolute atomic E-state index is 11.9. The van der Waals surface area contributed by atoms with Gasteiger partial charge in [-0.15, -0.1) is 0 Å². The first-order valence-electron chi connectivity index (χ1n) is 6.66. The van der Waals surface area contributed by atoms with Crippen LogP contribution in [0.3, 0.4) is 0 Å². The zero-order chi connectivity index (χ0) is 15.0. The first-order valence-corrected chi connectivity index (χ1v) is 6.66. The highest BCUT2D eigenvalue weighted by atomic mass is 16.3. The lowest BCUT2D eigenvalue weighted by molar-refractivity contribution is -0.00560. The maximum atomic E-state index is 11.9. The summed E-state index contributed by atoms with van der Waals surface area (Å²) in [5.74, 6) is 0.561. The lowest BCUT2D eigenvalue weighted by Crippen LogP contribution is -2.55. The van der Waals surface area contributed by atoms with Crippen molar-refractivity contribution in [3.63, 3.8) is 0 Å². The van der Waals surface area contributed by atoms with E-state index in [-0.39, 0.29) is 5.56 Å². The number of aromatic amines is 1. The number of hydrogen-bond donors (Lipinski definition) is 3. The topological polar surface area (TPSA) is 78.0 Å². The number of benzene rings is 1. The lowest BCUT2D eigenvalue weighted by Gasteiger charge is -2.38. The van der Waals surface area contributed by atoms with E-state index in [2.05, 4.69) is 15.3 Å². The quantitative estimate of drug-likeness (QED) is 0.791. The van der Waals surface area contributed by atoms with E-state index in [0.717, 1.165) is 0 Å². The van der Waals surface area contributed by atoms with Crippen LogP contribution >= 0.6 is 0 Å². The number of aromatic nitrogens is 2. The molecular formula is C15H21N3O2. The summed E-state index contributed by atoms with van der Waals surface area (Å²) in [4.78, 5) is 19.1. The van der Waals surface area contributed by atoms with Gasteiger partial charge in [0.25, 0.3) is 5.56 Å². The van der Waals surface area contributed by atoms with E-state index in [4.69, 9.17) is 0 Å². The van der Waals surface area contributed by atoms with Gasteiger partial charge in [-0.1, -0.05) is 12.1 Å². The third-order valence-corrected chi connectivity index (χ3v) is 3.89. The Balaban J connectivity index is 2.25. The van der Waals surface area contributed by atoms with Gasteiger partial charge in [0.2, 0.25) is 0 Å². The third-order valence-electron chi connectivity index (χ3n) is 3.89. The number of nitrogens with zero attached hydrogens (tertiary/aromatic N) is 1. The fourth-order valence-corrected chi connectivity index (χ4v) is 1.74. The van der Waals surface area contributed by atoms with Crippen LogP contribution in [0.4, 0.5) is 0 Å². The Bertz CT molecular complexity index is 669. The molecule has 0 spiro atoms. The highest BCUT2D eigenvalue weighted by molar-refractivity contribution is 5.77. The summed E-state index contributed by atoms with van der Waals surface area (Å²) in [7, 11) is 0. The van der Waals surface area contributed by atoms with Crippen LogP contribution in [0.2, 0.25) is 0 Å². The van der Waals surface area contributed by atoms with Crippen LogP contribution in [0.15, 0.2) is 29.1 Å². The molecule has 2 aromatic rings. The monoisotopic (exact) mass is 275 g/mol. The molecule has 0 aliphatic carbocycles. The molecule has 0 saturated carbocycles. The Labute approximate surface area is 118 Å². The van der Waals surface area contributed by atoms with E-state index in [9.17, 15) is 9.90 Å². The van der Waals surface area contributed by atoms with Crippen molar-refractivity contribution in [2.45, 2.75) is 45.4 Å². The minimum atomic E-state index is -0.885. The van der Waals surface area contributed by atoms with Gasteiger partial charge < -0.3 is 15.4 Å². The Morgan fingerprint density at radius 1 is 1.25 bits per heavy atom. The Hall–Kier alpha value is -1.72. The van der Waals surface area contributed by atoms with Crippen LogP contribution in [-0.4, -0.2) is 26.2 Å². The van der Waals surface area contributed by atoms with E-state index in [1.165, 1.54) is 0 Å². The molecule has 0 fully saturated rings. The standard InChI is InChI=1S/C15H21N3O2/c1-14(2,15(3,4)20)16-9-12-17-11-8-6-5-7-10(11)13(19)18-12/h5-8,16,20H,9H2,1-4H3,(H,17,18,19). The SMILES string of the molecule is CC(C)(O)C(C)(C)NCc1nc2ccccc2c(=O)[nH]1. The first kappa shape index (κ1) is 14.7. The minimum Gasteiger partial charge on any atom is -0.389 e. The van der Waals surface area contributed by atoms with Gasteiger partial charge in [-0.2, -0.15) is 0 Å². The number of nitrogens with one attached hydrogen (secondary N) is 2. The predicted molar refractivity (Wildman–Crippen MR) is 79.6 cm³/mol. The Kier molecular flexibility index (Phi) is 3.67. The Morgan fingerprint density at radius 2 is 1.90 bits per heavy atom. The minimum absolute atomic E-state index is 0.145. The number of aliphatic hydroxyl groups is 1. The van der Waals surface area contributed by atoms with Crippen molar-refractivity contribution in [1.29, 1.82) is 0 Å². The van der Waals surface area contributed by atoms with Gasteiger partial charge in [0.1, 0.15) is 5.82 Å². The largest absolute Gasteiger partial charge is 0.389 e. The van der Waals surface area contributed by atoms with Crippen molar-refractivity contribution in [2.24, 2.45) is 0 Å². The molecule has 5 nitrogen and oxygen atoms in total. The van der Waals surface area contributed by atoms with Crippen LogP contribution in [0.25, 0.3) is 10.9 Å². The number of hydrogen-bond acceptors (Lipinski definition) is 4. The summed E-state index contributed by atoms with van der Waals surface area (Å²) in [5.41, 5.74) is -0.857. The molecule has 0 atom stereocenters. The second-order valence-corrected chi connectivity index (χ2v) is 6.07.